The molecule has 0 bridgehead atoms. The summed E-state index contributed by atoms with van der Waals surface area (Å²) in [6, 6.07) is 1.14. The quantitative estimate of drug-likeness (QED) is 0.820. The first-order valence-corrected chi connectivity index (χ1v) is 7.76. The number of rotatable bonds is 6. The number of carbonyl (C=O) groups excluding carboxylic acids is 1. The van der Waals surface area contributed by atoms with Gasteiger partial charge in [0.1, 0.15) is 0 Å². The van der Waals surface area contributed by atoms with Crippen LogP contribution in [0.1, 0.15) is 46.9 Å². The number of halogens is 3. The molecule has 1 saturated carbocycles. The van der Waals surface area contributed by atoms with Gasteiger partial charge in [0.25, 0.3) is 5.91 Å². The van der Waals surface area contributed by atoms with E-state index in [-0.39, 0.29) is 11.8 Å². The summed E-state index contributed by atoms with van der Waals surface area (Å²) >= 11 is 0. The molecule has 0 atom stereocenters. The summed E-state index contributed by atoms with van der Waals surface area (Å²) in [4.78, 5) is 11.9. The molecule has 0 radical (unpaired) electrons. The van der Waals surface area contributed by atoms with Crippen LogP contribution in [-0.2, 0) is 19.8 Å². The second-order valence-electron chi connectivity index (χ2n) is 5.96. The lowest BCUT2D eigenvalue weighted by Gasteiger charge is -2.07. The van der Waals surface area contributed by atoms with Crippen molar-refractivity contribution in [3.8, 4) is 0 Å². The van der Waals surface area contributed by atoms with Gasteiger partial charge in [-0.3, -0.25) is 14.2 Å². The Hall–Kier alpha value is -2.32. The van der Waals surface area contributed by atoms with Crippen LogP contribution in [0.3, 0.4) is 0 Å². The summed E-state index contributed by atoms with van der Waals surface area (Å²) in [6.07, 6.45) is 0.947. The Morgan fingerprint density at radius 1 is 1.42 bits per heavy atom. The van der Waals surface area contributed by atoms with E-state index < -0.39 is 11.9 Å². The average Bonchev–Trinajstić information content (AvgIpc) is 3.10. The normalized spacial score (nSPS) is 14.8. The van der Waals surface area contributed by atoms with Gasteiger partial charge in [0.05, 0.1) is 11.8 Å². The number of amides is 1. The molecular weight excluding hydrogens is 323 g/mol. The first-order valence-electron chi connectivity index (χ1n) is 7.76. The van der Waals surface area contributed by atoms with Crippen molar-refractivity contribution in [3.05, 3.63) is 35.4 Å². The summed E-state index contributed by atoms with van der Waals surface area (Å²) in [5, 5.41) is 10.3. The molecule has 0 aliphatic heterocycles. The molecule has 2 aromatic rings. The SMILES string of the molecule is Cn1cc(C(=O)NCCCn2nc(C(F)(F)F)cc2C2CC2)cn1. The third-order valence-corrected chi connectivity index (χ3v) is 3.90. The van der Waals surface area contributed by atoms with E-state index in [0.29, 0.717) is 30.8 Å². The maximum absolute atomic E-state index is 12.8. The maximum atomic E-state index is 12.8. The lowest BCUT2D eigenvalue weighted by Crippen LogP contribution is -2.25. The van der Waals surface area contributed by atoms with Gasteiger partial charge in [0.2, 0.25) is 0 Å². The zero-order valence-corrected chi connectivity index (χ0v) is 13.2. The minimum atomic E-state index is -4.43. The third-order valence-electron chi connectivity index (χ3n) is 3.90. The van der Waals surface area contributed by atoms with Gasteiger partial charge in [0, 0.05) is 37.9 Å². The standard InChI is InChI=1S/C15H18F3N5O/c1-22-9-11(8-20-22)14(24)19-5-2-6-23-12(10-3-4-10)7-13(21-23)15(16,17)18/h7-10H,2-6H2,1H3,(H,19,24). The highest BCUT2D eigenvalue weighted by Gasteiger charge is 2.37. The van der Waals surface area contributed by atoms with Gasteiger partial charge in [-0.15, -0.1) is 0 Å². The highest BCUT2D eigenvalue weighted by atomic mass is 19.4. The molecule has 9 heteroatoms. The van der Waals surface area contributed by atoms with E-state index in [1.165, 1.54) is 15.6 Å². The fourth-order valence-corrected chi connectivity index (χ4v) is 2.53. The van der Waals surface area contributed by atoms with E-state index in [9.17, 15) is 18.0 Å². The highest BCUT2D eigenvalue weighted by molar-refractivity contribution is 5.93. The van der Waals surface area contributed by atoms with Crippen molar-refractivity contribution in [2.24, 2.45) is 7.05 Å². The Morgan fingerprint density at radius 2 is 2.17 bits per heavy atom. The van der Waals surface area contributed by atoms with Crippen molar-refractivity contribution in [2.45, 2.75) is 37.9 Å². The Bertz CT molecular complexity index is 730. The summed E-state index contributed by atoms with van der Waals surface area (Å²) in [5.41, 5.74) is 0.249. The van der Waals surface area contributed by atoms with Crippen LogP contribution in [-0.4, -0.2) is 32.0 Å². The van der Waals surface area contributed by atoms with Crippen LogP contribution in [0, 0.1) is 0 Å². The van der Waals surface area contributed by atoms with E-state index in [4.69, 9.17) is 0 Å². The van der Waals surface area contributed by atoms with Gasteiger partial charge in [-0.1, -0.05) is 0 Å². The molecule has 0 saturated heterocycles. The maximum Gasteiger partial charge on any atom is 0.435 e. The zero-order valence-electron chi connectivity index (χ0n) is 13.2. The van der Waals surface area contributed by atoms with E-state index >= 15 is 0 Å². The zero-order chi connectivity index (χ0) is 17.3. The first kappa shape index (κ1) is 16.5. The Morgan fingerprint density at radius 3 is 2.75 bits per heavy atom. The molecule has 3 rings (SSSR count). The molecule has 130 valence electrons. The Labute approximate surface area is 136 Å². The monoisotopic (exact) mass is 341 g/mol. The third kappa shape index (κ3) is 3.77. The molecule has 1 amide bonds. The van der Waals surface area contributed by atoms with Gasteiger partial charge in [-0.25, -0.2) is 0 Å². The molecule has 0 aromatic carbocycles. The molecule has 0 spiro atoms. The molecule has 0 unspecified atom stereocenters. The van der Waals surface area contributed by atoms with E-state index in [0.717, 1.165) is 18.9 Å². The van der Waals surface area contributed by atoms with Crippen LogP contribution in [0.4, 0.5) is 13.2 Å². The van der Waals surface area contributed by atoms with E-state index in [1.807, 2.05) is 0 Å². The van der Waals surface area contributed by atoms with Crippen molar-refractivity contribution in [2.75, 3.05) is 6.54 Å². The number of nitrogens with one attached hydrogen (secondary N) is 1. The van der Waals surface area contributed by atoms with Gasteiger partial charge >= 0.3 is 6.18 Å². The van der Waals surface area contributed by atoms with Crippen LogP contribution in [0.5, 0.6) is 0 Å². The summed E-state index contributed by atoms with van der Waals surface area (Å²) in [6.45, 7) is 0.703. The van der Waals surface area contributed by atoms with Crippen molar-refractivity contribution >= 4 is 5.91 Å². The lowest BCUT2D eigenvalue weighted by molar-refractivity contribution is -0.141. The minimum absolute atomic E-state index is 0.179. The highest BCUT2D eigenvalue weighted by Crippen LogP contribution is 2.42. The summed E-state index contributed by atoms with van der Waals surface area (Å²) in [7, 11) is 1.71. The van der Waals surface area contributed by atoms with Gasteiger partial charge in [-0.2, -0.15) is 23.4 Å². The summed E-state index contributed by atoms with van der Waals surface area (Å²) < 4.78 is 41.4. The average molecular weight is 341 g/mol. The van der Waals surface area contributed by atoms with Crippen LogP contribution in [0.15, 0.2) is 18.5 Å². The minimum Gasteiger partial charge on any atom is -0.352 e. The number of carbonyl (C=O) groups is 1. The smallest absolute Gasteiger partial charge is 0.352 e. The van der Waals surface area contributed by atoms with Gasteiger partial charge < -0.3 is 5.32 Å². The molecule has 2 aromatic heterocycles. The molecule has 1 N–H and O–H groups in total. The van der Waals surface area contributed by atoms with Crippen LogP contribution in [0.2, 0.25) is 0 Å². The van der Waals surface area contributed by atoms with Crippen LogP contribution in [0.25, 0.3) is 0 Å². The fraction of sp³-hybridized carbons (Fsp3) is 0.533. The van der Waals surface area contributed by atoms with Crippen molar-refractivity contribution in [1.29, 1.82) is 0 Å². The van der Waals surface area contributed by atoms with Crippen molar-refractivity contribution in [1.82, 2.24) is 24.9 Å². The van der Waals surface area contributed by atoms with Gasteiger partial charge in [-0.05, 0) is 25.3 Å². The molecule has 1 aliphatic rings. The number of hydrogen-bond acceptors (Lipinski definition) is 3. The van der Waals surface area contributed by atoms with Crippen LogP contribution < -0.4 is 5.32 Å². The predicted molar refractivity (Wildman–Crippen MR) is 79.4 cm³/mol. The predicted octanol–water partition coefficient (Wildman–Crippen LogP) is 2.33. The Balaban J connectivity index is 1.55. The Kier molecular flexibility index (Phi) is 4.33. The second kappa shape index (κ2) is 6.29. The summed E-state index contributed by atoms with van der Waals surface area (Å²) in [5.74, 6) is -0.0689. The molecular formula is C15H18F3N5O. The van der Waals surface area contributed by atoms with E-state index in [2.05, 4.69) is 15.5 Å². The number of nitrogens with zero attached hydrogens (tertiary/aromatic N) is 4. The number of aryl methyl sites for hydroxylation is 2. The van der Waals surface area contributed by atoms with Crippen molar-refractivity contribution in [3.63, 3.8) is 0 Å². The molecule has 6 nitrogen and oxygen atoms in total. The molecule has 1 fully saturated rings. The van der Waals surface area contributed by atoms with Crippen LogP contribution >= 0.6 is 0 Å². The molecule has 1 aliphatic carbocycles. The van der Waals surface area contributed by atoms with E-state index in [1.54, 1.807) is 13.2 Å². The number of hydrogen-bond donors (Lipinski definition) is 1. The topological polar surface area (TPSA) is 64.7 Å². The molecule has 2 heterocycles. The lowest BCUT2D eigenvalue weighted by atomic mass is 10.2. The van der Waals surface area contributed by atoms with Crippen molar-refractivity contribution < 1.29 is 18.0 Å². The number of alkyl halides is 3. The second-order valence-corrected chi connectivity index (χ2v) is 5.96. The molecule has 24 heavy (non-hydrogen) atoms. The van der Waals surface area contributed by atoms with Gasteiger partial charge in [0.15, 0.2) is 5.69 Å². The largest absolute Gasteiger partial charge is 0.435 e. The number of aromatic nitrogens is 4. The first-order chi connectivity index (χ1) is 11.3. The fourth-order valence-electron chi connectivity index (χ4n) is 2.53.